The Labute approximate surface area is 249 Å². The van der Waals surface area contributed by atoms with Crippen LogP contribution in [0.25, 0.3) is 22.3 Å². The van der Waals surface area contributed by atoms with Crippen LogP contribution in [0.4, 0.5) is 0 Å². The first-order valence-corrected chi connectivity index (χ1v) is 14.6. The summed E-state index contributed by atoms with van der Waals surface area (Å²) in [5.74, 6) is 0.580. The van der Waals surface area contributed by atoms with Crippen molar-refractivity contribution in [1.29, 1.82) is 0 Å². The quantitative estimate of drug-likeness (QED) is 0.0457. The normalized spacial score (nSPS) is 11.9. The molecule has 11 heteroatoms. The fourth-order valence-corrected chi connectivity index (χ4v) is 4.61. The molecular weight excluding hydrogens is 551 g/mol. The van der Waals surface area contributed by atoms with Crippen LogP contribution in [0, 0.1) is 0 Å². The van der Waals surface area contributed by atoms with Crippen LogP contribution in [0.1, 0.15) is 37.7 Å². The molecule has 0 aromatic heterocycles. The number of hydrazone groups is 1. The van der Waals surface area contributed by atoms with Crippen LogP contribution in [-0.2, 0) is 9.59 Å². The molecule has 3 aromatic rings. The van der Waals surface area contributed by atoms with Crippen molar-refractivity contribution >= 4 is 27.1 Å². The summed E-state index contributed by atoms with van der Waals surface area (Å²) in [6, 6.07) is 24.0. The number of carbonyl (C=O) groups is 2. The van der Waals surface area contributed by atoms with E-state index in [0.717, 1.165) is 46.4 Å². The van der Waals surface area contributed by atoms with Crippen LogP contribution in [0.3, 0.4) is 0 Å². The second-order valence-electron chi connectivity index (χ2n) is 9.59. The van der Waals surface area contributed by atoms with E-state index in [-0.39, 0.29) is 5.91 Å². The third kappa shape index (κ3) is 10.4. The number of amides is 1. The average molecular weight is 593 g/mol. The molecule has 0 spiro atoms. The highest BCUT2D eigenvalue weighted by atomic mass is 31.0. The molecule has 0 heterocycles. The topological polar surface area (TPSA) is 136 Å². The van der Waals surface area contributed by atoms with E-state index in [9.17, 15) is 9.59 Å². The maximum Gasteiger partial charge on any atom is 0.320 e. The van der Waals surface area contributed by atoms with Crippen molar-refractivity contribution in [3.63, 3.8) is 0 Å². The van der Waals surface area contributed by atoms with Crippen molar-refractivity contribution in [2.24, 2.45) is 5.10 Å². The van der Waals surface area contributed by atoms with E-state index >= 15 is 0 Å². The van der Waals surface area contributed by atoms with Gasteiger partial charge in [-0.3, -0.25) is 14.7 Å². The van der Waals surface area contributed by atoms with Crippen molar-refractivity contribution in [2.45, 2.75) is 38.1 Å². The molecule has 6 N–H and O–H groups in total. The standard InChI is InChI=1S/C31H41N6O4P/c1-32-35-30(36-33-2)26-14-12-24(13-15-26)22-8-10-23(11-9-22)25-16-18-27(19-17-25)41-21-5-7-29(38)34-20-4-3-6-28(37-42)31(39)40/h8-19,28,32-33,37H,3-7,20-21,42H2,1-2H3,(H,34,38)(H,35,36)(H,39,40)/t28-/m0/s1. The molecule has 0 aliphatic heterocycles. The number of carbonyl (C=O) groups excluding carboxylic acids is 1. The number of nitrogens with one attached hydrogen (secondary N) is 5. The van der Waals surface area contributed by atoms with Gasteiger partial charge in [-0.2, -0.15) is 5.10 Å². The molecule has 0 fully saturated rings. The smallest absolute Gasteiger partial charge is 0.320 e. The summed E-state index contributed by atoms with van der Waals surface area (Å²) in [7, 11) is 5.79. The molecule has 0 bridgehead atoms. The fraction of sp³-hybridized carbons (Fsp3) is 0.323. The summed E-state index contributed by atoms with van der Waals surface area (Å²) in [6.07, 6.45) is 2.98. The highest BCUT2D eigenvalue weighted by molar-refractivity contribution is 7.13. The molecule has 3 rings (SSSR count). The zero-order valence-electron chi connectivity index (χ0n) is 24.2. The second-order valence-corrected chi connectivity index (χ2v) is 9.93. The predicted molar refractivity (Wildman–Crippen MR) is 171 cm³/mol. The first-order chi connectivity index (χ1) is 20.4. The summed E-state index contributed by atoms with van der Waals surface area (Å²) >= 11 is 0. The Morgan fingerprint density at radius 3 is 1.95 bits per heavy atom. The van der Waals surface area contributed by atoms with Gasteiger partial charge in [0, 0.05) is 32.6 Å². The summed E-state index contributed by atoms with van der Waals surface area (Å²) in [6.45, 7) is 0.993. The van der Waals surface area contributed by atoms with Gasteiger partial charge >= 0.3 is 5.97 Å². The zero-order valence-corrected chi connectivity index (χ0v) is 25.3. The summed E-state index contributed by atoms with van der Waals surface area (Å²) in [4.78, 5) is 23.0. The maximum atomic E-state index is 12.0. The lowest BCUT2D eigenvalue weighted by molar-refractivity contribution is -0.139. The summed E-state index contributed by atoms with van der Waals surface area (Å²) < 4.78 is 5.82. The molecule has 1 unspecified atom stereocenters. The third-order valence-corrected chi connectivity index (χ3v) is 6.99. The van der Waals surface area contributed by atoms with E-state index in [2.05, 4.69) is 77.6 Å². The first kappa shape index (κ1) is 32.5. The van der Waals surface area contributed by atoms with Crippen LogP contribution in [-0.4, -0.2) is 56.1 Å². The second kappa shape index (κ2) is 17.7. The van der Waals surface area contributed by atoms with Crippen molar-refractivity contribution < 1.29 is 19.4 Å². The van der Waals surface area contributed by atoms with E-state index in [0.29, 0.717) is 38.2 Å². The van der Waals surface area contributed by atoms with E-state index in [1.165, 1.54) is 0 Å². The average Bonchev–Trinajstić information content (AvgIpc) is 3.01. The molecule has 224 valence electrons. The first-order valence-electron chi connectivity index (χ1n) is 14.0. The number of benzene rings is 3. The minimum absolute atomic E-state index is 0.0227. The predicted octanol–water partition coefficient (Wildman–Crippen LogP) is 3.90. The van der Waals surface area contributed by atoms with Gasteiger partial charge in [-0.25, -0.2) is 5.43 Å². The van der Waals surface area contributed by atoms with Crippen LogP contribution >= 0.6 is 9.39 Å². The molecule has 3 aromatic carbocycles. The number of hydrogen-bond acceptors (Lipinski definition) is 7. The third-order valence-electron chi connectivity index (χ3n) is 6.59. The molecule has 10 nitrogen and oxygen atoms in total. The molecule has 0 radical (unpaired) electrons. The van der Waals surface area contributed by atoms with E-state index in [1.807, 2.05) is 36.4 Å². The Morgan fingerprint density at radius 1 is 0.857 bits per heavy atom. The lowest BCUT2D eigenvalue weighted by atomic mass is 9.99. The minimum Gasteiger partial charge on any atom is -0.494 e. The van der Waals surface area contributed by atoms with Crippen LogP contribution < -0.4 is 31.4 Å². The number of carboxylic acids is 1. The molecule has 1 amide bonds. The van der Waals surface area contributed by atoms with E-state index in [1.54, 1.807) is 14.1 Å². The number of ether oxygens (including phenoxy) is 1. The molecule has 2 atom stereocenters. The van der Waals surface area contributed by atoms with Crippen molar-refractivity contribution in [1.82, 2.24) is 26.7 Å². The minimum atomic E-state index is -0.870. The van der Waals surface area contributed by atoms with Gasteiger partial charge in [0.1, 0.15) is 11.8 Å². The molecule has 0 aliphatic carbocycles. The lowest BCUT2D eigenvalue weighted by Gasteiger charge is -2.11. The summed E-state index contributed by atoms with van der Waals surface area (Å²) in [5, 5.41) is 18.8. The van der Waals surface area contributed by atoms with Gasteiger partial charge in [-0.05, 0) is 60.1 Å². The number of hydrogen-bond donors (Lipinski definition) is 6. The van der Waals surface area contributed by atoms with Crippen LogP contribution in [0.5, 0.6) is 5.75 Å². The van der Waals surface area contributed by atoms with Crippen molar-refractivity contribution in [2.75, 3.05) is 27.2 Å². The molecule has 0 aliphatic rings. The number of nitrogens with zero attached hydrogens (tertiary/aromatic N) is 1. The zero-order chi connectivity index (χ0) is 30.2. The Morgan fingerprint density at radius 2 is 1.43 bits per heavy atom. The Hall–Kier alpha value is -3.98. The Bertz CT molecular complexity index is 1280. The molecule has 0 saturated heterocycles. The van der Waals surface area contributed by atoms with Gasteiger partial charge in [0.15, 0.2) is 5.84 Å². The van der Waals surface area contributed by atoms with Gasteiger partial charge in [-0.15, -0.1) is 0 Å². The summed E-state index contributed by atoms with van der Waals surface area (Å²) in [5.41, 5.74) is 14.1. The van der Waals surface area contributed by atoms with E-state index in [4.69, 9.17) is 9.84 Å². The van der Waals surface area contributed by atoms with Gasteiger partial charge in [0.25, 0.3) is 0 Å². The fourth-order valence-electron chi connectivity index (χ4n) is 4.30. The SMILES string of the molecule is CN/N=C(\NNC)c1ccc(-c2ccc(-c3ccc(OCCCC(=O)NCCCC[C@H](NP)C(=O)O)cc3)cc2)cc1. The molecule has 0 saturated carbocycles. The molecular formula is C31H41N6O4P. The van der Waals surface area contributed by atoms with Crippen molar-refractivity contribution in [3.05, 3.63) is 78.4 Å². The van der Waals surface area contributed by atoms with Gasteiger partial charge in [0.05, 0.1) is 6.61 Å². The lowest BCUT2D eigenvalue weighted by Crippen LogP contribution is -2.36. The van der Waals surface area contributed by atoms with Crippen LogP contribution in [0.15, 0.2) is 77.9 Å². The van der Waals surface area contributed by atoms with Gasteiger partial charge in [0.2, 0.25) is 5.91 Å². The number of unbranched alkanes of at least 4 members (excludes halogenated alkanes) is 1. The Balaban J connectivity index is 1.40. The molecule has 42 heavy (non-hydrogen) atoms. The largest absolute Gasteiger partial charge is 0.494 e. The Kier molecular flexibility index (Phi) is 13.7. The number of rotatable bonds is 17. The number of carboxylic acid groups (broad SMARTS) is 1. The van der Waals surface area contributed by atoms with Crippen LogP contribution in [0.2, 0.25) is 0 Å². The number of aliphatic carboxylic acids is 1. The van der Waals surface area contributed by atoms with Gasteiger partial charge in [-0.1, -0.05) is 70.1 Å². The number of hydrazine groups is 1. The number of amidine groups is 1. The van der Waals surface area contributed by atoms with Crippen molar-refractivity contribution in [3.8, 4) is 28.0 Å². The van der Waals surface area contributed by atoms with Gasteiger partial charge < -0.3 is 26.0 Å². The van der Waals surface area contributed by atoms with E-state index < -0.39 is 12.0 Å². The highest BCUT2D eigenvalue weighted by Crippen LogP contribution is 2.26. The maximum absolute atomic E-state index is 12.0. The monoisotopic (exact) mass is 592 g/mol. The highest BCUT2D eigenvalue weighted by Gasteiger charge is 2.13.